The third-order valence-corrected chi connectivity index (χ3v) is 6.72. The number of carbonyl (C=O) groups is 2. The fourth-order valence-electron chi connectivity index (χ4n) is 3.91. The number of thioether (sulfide) groups is 1. The molecule has 0 spiro atoms. The van der Waals surface area contributed by atoms with E-state index in [-0.39, 0.29) is 24.4 Å². The Balaban J connectivity index is 1.42. The number of hydrogen-bond donors (Lipinski definition) is 0. The number of amidine groups is 1. The second-order valence-electron chi connectivity index (χ2n) is 8.21. The van der Waals surface area contributed by atoms with Gasteiger partial charge in [0.2, 0.25) is 12.7 Å². The van der Waals surface area contributed by atoms with Crippen LogP contribution in [0.25, 0.3) is 6.08 Å². The van der Waals surface area contributed by atoms with Crippen LogP contribution in [-0.4, -0.2) is 47.0 Å². The normalized spacial score (nSPS) is 18.1. The Morgan fingerprint density at radius 1 is 1.18 bits per heavy atom. The van der Waals surface area contributed by atoms with Gasteiger partial charge >= 0.3 is 0 Å². The predicted molar refractivity (Wildman–Crippen MR) is 130 cm³/mol. The molecular formula is C25H25N3O4S. The highest BCUT2D eigenvalue weighted by atomic mass is 32.2. The van der Waals surface area contributed by atoms with Crippen LogP contribution in [0.5, 0.6) is 11.5 Å². The van der Waals surface area contributed by atoms with E-state index in [4.69, 9.17) is 9.47 Å². The molecule has 1 saturated carbocycles. The Labute approximate surface area is 197 Å². The number of fused-ring (bicyclic) bond motifs is 1. The second-order valence-corrected chi connectivity index (χ2v) is 9.15. The van der Waals surface area contributed by atoms with Gasteiger partial charge in [-0.15, -0.1) is 0 Å². The monoisotopic (exact) mass is 463 g/mol. The lowest BCUT2D eigenvalue weighted by Crippen LogP contribution is -2.36. The summed E-state index contributed by atoms with van der Waals surface area (Å²) in [6.07, 6.45) is 3.88. The van der Waals surface area contributed by atoms with E-state index in [0.29, 0.717) is 35.0 Å². The number of rotatable bonds is 6. The highest BCUT2D eigenvalue weighted by molar-refractivity contribution is 8.14. The Bertz CT molecular complexity index is 1150. The van der Waals surface area contributed by atoms with E-state index in [1.54, 1.807) is 11.0 Å². The molecule has 0 unspecified atom stereocenters. The molecule has 0 N–H and O–H groups in total. The molecule has 5 rings (SSSR count). The number of hydrogen-bond acceptors (Lipinski definition) is 6. The molecule has 33 heavy (non-hydrogen) atoms. The van der Waals surface area contributed by atoms with Crippen molar-refractivity contribution in [2.75, 3.05) is 24.0 Å². The van der Waals surface area contributed by atoms with E-state index in [9.17, 15) is 9.59 Å². The van der Waals surface area contributed by atoms with Gasteiger partial charge in [0, 0.05) is 12.6 Å². The fraction of sp³-hybridized carbons (Fsp3) is 0.320. The average molecular weight is 464 g/mol. The van der Waals surface area contributed by atoms with Crippen LogP contribution >= 0.6 is 11.8 Å². The second kappa shape index (κ2) is 8.94. The molecule has 1 fully saturated rings. The summed E-state index contributed by atoms with van der Waals surface area (Å²) < 4.78 is 10.8. The Morgan fingerprint density at radius 3 is 2.67 bits per heavy atom. The minimum Gasteiger partial charge on any atom is -0.454 e. The van der Waals surface area contributed by atoms with Crippen molar-refractivity contribution in [3.05, 3.63) is 59.3 Å². The number of carbonyl (C=O) groups excluding carboxylic acids is 2. The van der Waals surface area contributed by atoms with E-state index < -0.39 is 0 Å². The molecule has 3 aliphatic rings. The predicted octanol–water partition coefficient (Wildman–Crippen LogP) is 4.21. The Hall–Kier alpha value is -3.26. The van der Waals surface area contributed by atoms with E-state index in [1.165, 1.54) is 11.8 Å². The number of nitrogens with zero attached hydrogens (tertiary/aromatic N) is 3. The molecule has 0 bridgehead atoms. The van der Waals surface area contributed by atoms with E-state index in [0.717, 1.165) is 29.7 Å². The van der Waals surface area contributed by atoms with Crippen LogP contribution in [0, 0.1) is 6.92 Å². The van der Waals surface area contributed by atoms with Crippen LogP contribution in [0.4, 0.5) is 5.69 Å². The van der Waals surface area contributed by atoms with Gasteiger partial charge in [0.05, 0.1) is 11.4 Å². The van der Waals surface area contributed by atoms with Crippen molar-refractivity contribution in [1.29, 1.82) is 0 Å². The zero-order valence-corrected chi connectivity index (χ0v) is 19.4. The smallest absolute Gasteiger partial charge is 0.283 e. The Morgan fingerprint density at radius 2 is 1.94 bits per heavy atom. The summed E-state index contributed by atoms with van der Waals surface area (Å²) in [6.45, 7) is 4.90. The van der Waals surface area contributed by atoms with Crippen LogP contribution in [0.2, 0.25) is 0 Å². The van der Waals surface area contributed by atoms with Crippen LogP contribution < -0.4 is 14.4 Å². The SMILES string of the molecule is CCN(C(=O)CSC1=N/C(=C\c2ccc3c(c2)OCO3)C(=O)N1c1ccc(C)cc1)C1CC1. The maximum atomic E-state index is 13.4. The molecule has 2 heterocycles. The molecule has 170 valence electrons. The molecule has 0 aromatic heterocycles. The van der Waals surface area contributed by atoms with Gasteiger partial charge in [-0.2, -0.15) is 0 Å². The molecule has 0 saturated heterocycles. The number of aliphatic imine (C=N–C) groups is 1. The van der Waals surface area contributed by atoms with Gasteiger partial charge in [-0.05, 0) is 62.6 Å². The van der Waals surface area contributed by atoms with Crippen molar-refractivity contribution in [2.45, 2.75) is 32.7 Å². The molecule has 0 atom stereocenters. The van der Waals surface area contributed by atoms with Gasteiger partial charge in [-0.25, -0.2) is 4.99 Å². The molecule has 2 aliphatic heterocycles. The van der Waals surface area contributed by atoms with Crippen molar-refractivity contribution < 1.29 is 19.1 Å². The van der Waals surface area contributed by atoms with E-state index in [1.807, 2.05) is 61.2 Å². The van der Waals surface area contributed by atoms with Crippen molar-refractivity contribution in [1.82, 2.24) is 4.90 Å². The van der Waals surface area contributed by atoms with Crippen molar-refractivity contribution in [3.63, 3.8) is 0 Å². The summed E-state index contributed by atoms with van der Waals surface area (Å²) in [5, 5.41) is 0.510. The van der Waals surface area contributed by atoms with Gasteiger partial charge in [0.1, 0.15) is 5.70 Å². The molecule has 2 aromatic carbocycles. The fourth-order valence-corrected chi connectivity index (χ4v) is 4.81. The van der Waals surface area contributed by atoms with Crippen LogP contribution in [0.3, 0.4) is 0 Å². The summed E-state index contributed by atoms with van der Waals surface area (Å²) in [7, 11) is 0. The number of benzene rings is 2. The molecule has 2 aromatic rings. The standard InChI is InChI=1S/C25H25N3O4S/c1-3-27(18-9-10-18)23(29)14-33-25-26-20(12-17-6-11-21-22(13-17)32-15-31-21)24(30)28(25)19-7-4-16(2)5-8-19/h4-8,11-13,18H,3,9-10,14-15H2,1-2H3/b20-12-. The minimum absolute atomic E-state index is 0.0807. The Kier molecular flexibility index (Phi) is 5.85. The average Bonchev–Trinajstić information content (AvgIpc) is 3.45. The zero-order chi connectivity index (χ0) is 22.9. The lowest BCUT2D eigenvalue weighted by atomic mass is 10.1. The van der Waals surface area contributed by atoms with Crippen LogP contribution in [0.15, 0.2) is 53.2 Å². The van der Waals surface area contributed by atoms with Gasteiger partial charge < -0.3 is 14.4 Å². The molecule has 0 radical (unpaired) electrons. The third-order valence-electron chi connectivity index (χ3n) is 5.80. The first-order valence-corrected chi connectivity index (χ1v) is 12.1. The number of anilines is 1. The summed E-state index contributed by atoms with van der Waals surface area (Å²) >= 11 is 1.30. The molecule has 7 nitrogen and oxygen atoms in total. The minimum atomic E-state index is -0.221. The van der Waals surface area contributed by atoms with Crippen molar-refractivity contribution >= 4 is 40.5 Å². The van der Waals surface area contributed by atoms with Crippen LogP contribution in [-0.2, 0) is 9.59 Å². The van der Waals surface area contributed by atoms with Crippen molar-refractivity contribution in [2.24, 2.45) is 4.99 Å². The molecular weight excluding hydrogens is 438 g/mol. The highest BCUT2D eigenvalue weighted by Crippen LogP contribution is 2.35. The van der Waals surface area contributed by atoms with Gasteiger partial charge in [0.15, 0.2) is 16.7 Å². The van der Waals surface area contributed by atoms with E-state index in [2.05, 4.69) is 4.99 Å². The van der Waals surface area contributed by atoms with Gasteiger partial charge in [0.25, 0.3) is 5.91 Å². The lowest BCUT2D eigenvalue weighted by Gasteiger charge is -2.21. The summed E-state index contributed by atoms with van der Waals surface area (Å²) in [5.41, 5.74) is 2.95. The quantitative estimate of drug-likeness (QED) is 0.600. The molecule has 1 aliphatic carbocycles. The zero-order valence-electron chi connectivity index (χ0n) is 18.6. The molecule has 2 amide bonds. The maximum absolute atomic E-state index is 13.4. The number of aryl methyl sites for hydroxylation is 1. The first-order chi connectivity index (χ1) is 16.0. The summed E-state index contributed by atoms with van der Waals surface area (Å²) in [4.78, 5) is 34.3. The van der Waals surface area contributed by atoms with Crippen LogP contribution in [0.1, 0.15) is 30.9 Å². The number of ether oxygens (including phenoxy) is 2. The maximum Gasteiger partial charge on any atom is 0.283 e. The van der Waals surface area contributed by atoms with Crippen molar-refractivity contribution in [3.8, 4) is 11.5 Å². The van der Waals surface area contributed by atoms with Gasteiger partial charge in [-0.1, -0.05) is 35.5 Å². The molecule has 8 heteroatoms. The van der Waals surface area contributed by atoms with Gasteiger partial charge in [-0.3, -0.25) is 14.5 Å². The summed E-state index contributed by atoms with van der Waals surface area (Å²) in [6, 6.07) is 13.6. The third kappa shape index (κ3) is 4.48. The topological polar surface area (TPSA) is 71.4 Å². The van der Waals surface area contributed by atoms with E-state index >= 15 is 0 Å². The largest absolute Gasteiger partial charge is 0.454 e. The number of amides is 2. The first-order valence-electron chi connectivity index (χ1n) is 11.1. The highest BCUT2D eigenvalue weighted by Gasteiger charge is 2.35. The summed E-state index contributed by atoms with van der Waals surface area (Å²) in [5.74, 6) is 1.44. The first kappa shape index (κ1) is 21.6. The lowest BCUT2D eigenvalue weighted by molar-refractivity contribution is -0.128.